The molecule has 1 aliphatic heterocycles. The van der Waals surface area contributed by atoms with Gasteiger partial charge in [-0.15, -0.1) is 11.3 Å². The van der Waals surface area contributed by atoms with E-state index in [2.05, 4.69) is 20.8 Å². The third kappa shape index (κ3) is 4.13. The van der Waals surface area contributed by atoms with E-state index in [0.29, 0.717) is 35.8 Å². The molecule has 0 unspecified atom stereocenters. The molecule has 0 atom stereocenters. The average molecular weight is 498 g/mol. The molecule has 4 nitrogen and oxygen atoms in total. The van der Waals surface area contributed by atoms with Gasteiger partial charge in [0.2, 0.25) is 0 Å². The van der Waals surface area contributed by atoms with Gasteiger partial charge in [-0.1, -0.05) is 39.7 Å². The number of halogens is 2. The summed E-state index contributed by atoms with van der Waals surface area (Å²) in [6.45, 7) is 1.37. The molecule has 0 bridgehead atoms. The largest absolute Gasteiger partial charge is 0.348 e. The zero-order valence-corrected chi connectivity index (χ0v) is 18.9. The van der Waals surface area contributed by atoms with Crippen LogP contribution in [0.2, 0.25) is 5.02 Å². The molecule has 1 aromatic heterocycles. The van der Waals surface area contributed by atoms with Crippen LogP contribution in [0.25, 0.3) is 11.3 Å². The van der Waals surface area contributed by atoms with Crippen molar-refractivity contribution in [2.75, 3.05) is 18.0 Å². The van der Waals surface area contributed by atoms with Crippen molar-refractivity contribution in [2.45, 2.75) is 23.0 Å². The van der Waals surface area contributed by atoms with Crippen molar-refractivity contribution in [1.82, 2.24) is 4.98 Å². The summed E-state index contributed by atoms with van der Waals surface area (Å²) < 4.78 is 26.8. The van der Waals surface area contributed by atoms with Crippen LogP contribution in [0.3, 0.4) is 0 Å². The minimum absolute atomic E-state index is 0.349. The number of thiazole rings is 1. The topological polar surface area (TPSA) is 50.3 Å². The van der Waals surface area contributed by atoms with Gasteiger partial charge in [-0.25, -0.2) is 13.4 Å². The summed E-state index contributed by atoms with van der Waals surface area (Å²) in [5.74, 6) is 0. The second-order valence-corrected chi connectivity index (χ2v) is 11.1. The first-order valence-corrected chi connectivity index (χ1v) is 12.5. The van der Waals surface area contributed by atoms with Crippen LogP contribution in [0, 0.1) is 0 Å². The Labute approximate surface area is 182 Å². The van der Waals surface area contributed by atoms with Crippen LogP contribution in [0.4, 0.5) is 5.13 Å². The van der Waals surface area contributed by atoms with Crippen LogP contribution in [-0.2, 0) is 9.84 Å². The maximum absolute atomic E-state index is 12.9. The van der Waals surface area contributed by atoms with Gasteiger partial charge in [-0.3, -0.25) is 0 Å². The molecule has 4 rings (SSSR count). The molecule has 1 aliphatic rings. The summed E-state index contributed by atoms with van der Waals surface area (Å²) in [6.07, 6.45) is 1.19. The Balaban J connectivity index is 1.45. The molecule has 0 radical (unpaired) electrons. The number of hydrogen-bond donors (Lipinski definition) is 0. The summed E-state index contributed by atoms with van der Waals surface area (Å²) in [7, 11) is -3.33. The number of sulfone groups is 1. The molecule has 0 aliphatic carbocycles. The number of benzene rings is 2. The van der Waals surface area contributed by atoms with E-state index in [0.717, 1.165) is 20.9 Å². The van der Waals surface area contributed by atoms with Crippen molar-refractivity contribution in [3.8, 4) is 11.3 Å². The molecule has 1 saturated heterocycles. The van der Waals surface area contributed by atoms with Crippen molar-refractivity contribution < 1.29 is 8.42 Å². The molecule has 0 amide bonds. The second-order valence-electron chi connectivity index (χ2n) is 6.71. The van der Waals surface area contributed by atoms with Crippen LogP contribution in [0.5, 0.6) is 0 Å². The molecule has 2 heterocycles. The van der Waals surface area contributed by atoms with Crippen molar-refractivity contribution in [1.29, 1.82) is 0 Å². The lowest BCUT2D eigenvalue weighted by Gasteiger charge is -2.31. The molecule has 0 spiro atoms. The number of hydrogen-bond acceptors (Lipinski definition) is 5. The molecule has 146 valence electrons. The molecule has 1 fully saturated rings. The molecular formula is C20H18BrClN2O2S2. The summed E-state index contributed by atoms with van der Waals surface area (Å²) >= 11 is 11.0. The Morgan fingerprint density at radius 2 is 1.82 bits per heavy atom. The quantitative estimate of drug-likeness (QED) is 0.466. The summed E-state index contributed by atoms with van der Waals surface area (Å²) in [5.41, 5.74) is 2.01. The van der Waals surface area contributed by atoms with Crippen molar-refractivity contribution >= 4 is 53.8 Å². The van der Waals surface area contributed by atoms with Crippen LogP contribution in [-0.4, -0.2) is 31.7 Å². The van der Waals surface area contributed by atoms with E-state index in [1.165, 1.54) is 0 Å². The standard InChI is InChI=1S/C20H18BrClN2O2S2/c21-15-3-1-2-14(12-15)19-13-27-20(23-19)24-10-8-18(9-11-24)28(25,26)17-6-4-16(22)5-7-17/h1-7,12-13,18H,8-11H2. The first kappa shape index (κ1) is 19.9. The van der Waals surface area contributed by atoms with Gasteiger partial charge in [0.05, 0.1) is 15.8 Å². The summed E-state index contributed by atoms with van der Waals surface area (Å²) in [6, 6.07) is 14.5. The number of piperidine rings is 1. The fraction of sp³-hybridized carbons (Fsp3) is 0.250. The van der Waals surface area contributed by atoms with Crippen LogP contribution in [0.15, 0.2) is 63.3 Å². The highest BCUT2D eigenvalue weighted by atomic mass is 79.9. The minimum Gasteiger partial charge on any atom is -0.348 e. The van der Waals surface area contributed by atoms with E-state index in [-0.39, 0.29) is 5.25 Å². The summed E-state index contributed by atoms with van der Waals surface area (Å²) in [5, 5.41) is 3.17. The highest BCUT2D eigenvalue weighted by Gasteiger charge is 2.32. The smallest absolute Gasteiger partial charge is 0.185 e. The van der Waals surface area contributed by atoms with Crippen molar-refractivity contribution in [3.05, 3.63) is 63.4 Å². The van der Waals surface area contributed by atoms with Crippen molar-refractivity contribution in [3.63, 3.8) is 0 Å². The van der Waals surface area contributed by atoms with Crippen LogP contribution < -0.4 is 4.90 Å². The highest BCUT2D eigenvalue weighted by molar-refractivity contribution is 9.10. The lowest BCUT2D eigenvalue weighted by atomic mass is 10.1. The Hall–Kier alpha value is -1.41. The van der Waals surface area contributed by atoms with E-state index >= 15 is 0 Å². The van der Waals surface area contributed by atoms with E-state index in [4.69, 9.17) is 16.6 Å². The third-order valence-corrected chi connectivity index (χ3v) is 8.83. The monoisotopic (exact) mass is 496 g/mol. The molecule has 0 saturated carbocycles. The maximum Gasteiger partial charge on any atom is 0.185 e. The first-order valence-electron chi connectivity index (χ1n) is 8.89. The molecule has 8 heteroatoms. The Kier molecular flexibility index (Phi) is 5.78. The number of aromatic nitrogens is 1. The van der Waals surface area contributed by atoms with Gasteiger partial charge >= 0.3 is 0 Å². The lowest BCUT2D eigenvalue weighted by molar-refractivity contribution is 0.529. The second kappa shape index (κ2) is 8.14. The number of anilines is 1. The van der Waals surface area contributed by atoms with E-state index in [1.54, 1.807) is 35.6 Å². The Bertz CT molecular complexity index is 1080. The minimum atomic E-state index is -3.33. The molecule has 3 aromatic rings. The zero-order valence-electron chi connectivity index (χ0n) is 14.9. The van der Waals surface area contributed by atoms with Gasteiger partial charge in [-0.05, 0) is 49.2 Å². The SMILES string of the molecule is O=S(=O)(c1ccc(Cl)cc1)C1CCN(c2nc(-c3cccc(Br)c3)cs2)CC1. The van der Waals surface area contributed by atoms with E-state index in [9.17, 15) is 8.42 Å². The van der Waals surface area contributed by atoms with Gasteiger partial charge in [0, 0.05) is 33.5 Å². The fourth-order valence-corrected chi connectivity index (χ4v) is 6.51. The molecule has 0 N–H and O–H groups in total. The molecule has 2 aromatic carbocycles. The van der Waals surface area contributed by atoms with Gasteiger partial charge in [-0.2, -0.15) is 0 Å². The van der Waals surface area contributed by atoms with Crippen LogP contribution >= 0.6 is 38.9 Å². The Morgan fingerprint density at radius 1 is 1.11 bits per heavy atom. The number of rotatable bonds is 4. The van der Waals surface area contributed by atoms with Gasteiger partial charge < -0.3 is 4.90 Å². The number of nitrogens with zero attached hydrogens (tertiary/aromatic N) is 2. The van der Waals surface area contributed by atoms with Crippen molar-refractivity contribution in [2.24, 2.45) is 0 Å². The van der Waals surface area contributed by atoms with Crippen LogP contribution in [0.1, 0.15) is 12.8 Å². The van der Waals surface area contributed by atoms with Gasteiger partial charge in [0.15, 0.2) is 15.0 Å². The predicted molar refractivity (Wildman–Crippen MR) is 119 cm³/mol. The lowest BCUT2D eigenvalue weighted by Crippen LogP contribution is -2.39. The highest BCUT2D eigenvalue weighted by Crippen LogP contribution is 2.32. The van der Waals surface area contributed by atoms with E-state index in [1.807, 2.05) is 29.6 Å². The summed E-state index contributed by atoms with van der Waals surface area (Å²) in [4.78, 5) is 7.29. The normalized spacial score (nSPS) is 15.7. The predicted octanol–water partition coefficient (Wildman–Crippen LogP) is 5.67. The Morgan fingerprint density at radius 3 is 2.50 bits per heavy atom. The first-order chi connectivity index (χ1) is 13.4. The average Bonchev–Trinajstić information content (AvgIpc) is 3.19. The molecule has 28 heavy (non-hydrogen) atoms. The van der Waals surface area contributed by atoms with E-state index < -0.39 is 9.84 Å². The van der Waals surface area contributed by atoms with Gasteiger partial charge in [0.25, 0.3) is 0 Å². The fourth-order valence-electron chi connectivity index (χ4n) is 3.36. The molecular weight excluding hydrogens is 480 g/mol. The zero-order chi connectivity index (χ0) is 19.7. The maximum atomic E-state index is 12.9. The van der Waals surface area contributed by atoms with Gasteiger partial charge in [0.1, 0.15) is 0 Å². The third-order valence-electron chi connectivity index (χ3n) is 4.91.